The minimum Gasteiger partial charge on any atom is -0.705 e. The number of thiophene rings is 1. The van der Waals surface area contributed by atoms with Gasteiger partial charge in [0.05, 0.1) is 22.5 Å². The number of aromatic carboxylic acids is 2. The van der Waals surface area contributed by atoms with Gasteiger partial charge in [-0.2, -0.15) is 6.20 Å². The molecule has 0 saturated carbocycles. The van der Waals surface area contributed by atoms with Gasteiger partial charge in [-0.3, -0.25) is 15.0 Å². The first-order valence-corrected chi connectivity index (χ1v) is 23.6. The number of carboxylic acid groups (broad SMARTS) is 2. The average molecular weight is 1050 g/mol. The number of aryl methyl sites for hydroxylation is 1. The number of nitriles is 2. The van der Waals surface area contributed by atoms with E-state index in [0.29, 0.717) is 11.4 Å². The molecule has 0 saturated heterocycles. The SMILES string of the molecule is C#CC.C/C=C(/CCCCCC)SC/C=C/C(/C=C\[NH-])=C/Cc1cc(/C=C/c2ccc(CCCCCC)s2)ccn1.N#C[S-].N#C[S-].O=C(O)c1ccnc(-c2cc(C(=O)O)ccn2)c1.[Ru+3]. The van der Waals surface area contributed by atoms with Gasteiger partial charge >= 0.3 is 31.4 Å². The van der Waals surface area contributed by atoms with Gasteiger partial charge in [-0.15, -0.1) is 35.4 Å². The first kappa shape index (κ1) is 62.6. The minimum atomic E-state index is -1.08. The van der Waals surface area contributed by atoms with Crippen LogP contribution in [0.1, 0.15) is 127 Å². The number of thiocyanates is 2. The summed E-state index contributed by atoms with van der Waals surface area (Å²) in [6, 6.07) is 14.1. The van der Waals surface area contributed by atoms with E-state index in [1.807, 2.05) is 35.4 Å². The second-order valence-electron chi connectivity index (χ2n) is 13.5. The van der Waals surface area contributed by atoms with E-state index in [9.17, 15) is 9.59 Å². The number of carbonyl (C=O) groups is 2. The average Bonchev–Trinajstić information content (AvgIpc) is 3.77. The summed E-state index contributed by atoms with van der Waals surface area (Å²) >= 11 is 11.2. The topological polar surface area (TPSA) is 185 Å². The smallest absolute Gasteiger partial charge is 0.705 e. The fourth-order valence-corrected chi connectivity index (χ4v) is 7.34. The number of pyridine rings is 3. The molecule has 4 rings (SSSR count). The molecule has 3 N–H and O–H groups in total. The molecule has 349 valence electrons. The number of carboxylic acids is 2. The second-order valence-corrected chi connectivity index (χ2v) is 16.2. The number of thioether (sulfide) groups is 1. The molecule has 0 bridgehead atoms. The Morgan fingerprint density at radius 3 is 1.92 bits per heavy atom. The first-order chi connectivity index (χ1) is 31.5. The molecule has 4 heterocycles. The fourth-order valence-electron chi connectivity index (χ4n) is 5.52. The zero-order valence-corrected chi connectivity index (χ0v) is 43.0. The maximum Gasteiger partial charge on any atom is 3.00 e. The quantitative estimate of drug-likeness (QED) is 0.0190. The molecule has 0 aromatic carbocycles. The van der Waals surface area contributed by atoms with Crippen LogP contribution in [0.4, 0.5) is 0 Å². The van der Waals surface area contributed by atoms with E-state index < -0.39 is 11.9 Å². The van der Waals surface area contributed by atoms with Crippen LogP contribution in [0.3, 0.4) is 0 Å². The van der Waals surface area contributed by atoms with Gasteiger partial charge in [0.1, 0.15) is 0 Å². The Kier molecular flexibility index (Phi) is 40.0. The van der Waals surface area contributed by atoms with Crippen LogP contribution in [-0.2, 0) is 57.6 Å². The van der Waals surface area contributed by atoms with E-state index in [4.69, 9.17) is 26.5 Å². The van der Waals surface area contributed by atoms with Crippen LogP contribution in [0.5, 0.6) is 0 Å². The van der Waals surface area contributed by atoms with Gasteiger partial charge in [-0.1, -0.05) is 99.6 Å². The van der Waals surface area contributed by atoms with Crippen molar-refractivity contribution in [1.82, 2.24) is 15.0 Å². The number of aromatic nitrogens is 3. The van der Waals surface area contributed by atoms with Gasteiger partial charge in [0, 0.05) is 46.2 Å². The van der Waals surface area contributed by atoms with Crippen LogP contribution in [-0.4, -0.2) is 42.9 Å². The summed E-state index contributed by atoms with van der Waals surface area (Å²) in [5, 5.41) is 34.6. The van der Waals surface area contributed by atoms with E-state index >= 15 is 0 Å². The Morgan fingerprint density at radius 1 is 0.833 bits per heavy atom. The number of rotatable bonds is 22. The van der Waals surface area contributed by atoms with Crippen molar-refractivity contribution >= 4 is 72.4 Å². The standard InChI is InChI=1S/C34H47N2S2.C12H8N2O4.C3H4.2CHNS.Ru/c1-4-7-9-11-15-32(6-3)37-27-13-14-29(23-25-35)17-19-31-28-30(24-26-36-31)18-20-34-22-21-33(38-34)16-12-10-8-5-2;15-11(16)7-1-3-13-9(5-7)10-6-8(12(17)18)2-4-14-10;1-3-2;2*2-1-3;/h6,13-14,17-18,20-26,28,35H,4-5,7-12,15-16,19,27H2,1-3H3;1-6H,(H,15,16)(H,17,18);1H,2H3;2*3H;/q-1;;;;;+3/p-2/b14-13+,20-18+,25-23-,29-17-,32-6-;;;;;. The number of hydrogen-bond donors (Lipinski definition) is 2. The summed E-state index contributed by atoms with van der Waals surface area (Å²) in [6.45, 7) is 8.31. The number of unbranched alkanes of at least 4 members (excludes halogenated alkanes) is 6. The van der Waals surface area contributed by atoms with E-state index in [-0.39, 0.29) is 30.6 Å². The summed E-state index contributed by atoms with van der Waals surface area (Å²) in [5.74, 6) is 1.05. The van der Waals surface area contributed by atoms with Gasteiger partial charge < -0.3 is 41.2 Å². The van der Waals surface area contributed by atoms with Gasteiger partial charge in [0.2, 0.25) is 0 Å². The van der Waals surface area contributed by atoms with Crippen molar-refractivity contribution < 1.29 is 39.3 Å². The van der Waals surface area contributed by atoms with Crippen LogP contribution < -0.4 is 0 Å². The monoisotopic (exact) mass is 1050 g/mol. The van der Waals surface area contributed by atoms with Gasteiger partial charge in [0.25, 0.3) is 0 Å². The zero-order chi connectivity index (χ0) is 48.5. The number of nitrogens with zero attached hydrogens (tertiary/aromatic N) is 5. The van der Waals surface area contributed by atoms with Crippen LogP contribution in [0.25, 0.3) is 29.3 Å². The molecular weight excluding hydrogens is 990 g/mol. The summed E-state index contributed by atoms with van der Waals surface area (Å²) in [4.78, 5) is 38.4. The largest absolute Gasteiger partial charge is 3.00 e. The molecule has 4 aromatic rings. The van der Waals surface area contributed by atoms with Gasteiger partial charge in [-0.05, 0) is 110 Å². The summed E-state index contributed by atoms with van der Waals surface area (Å²) < 4.78 is 0. The predicted octanol–water partition coefficient (Wildman–Crippen LogP) is 13.8. The molecule has 10 nitrogen and oxygen atoms in total. The molecule has 0 aliphatic heterocycles. The molecule has 1 radical (unpaired) electrons. The predicted molar refractivity (Wildman–Crippen MR) is 277 cm³/mol. The molecule has 0 spiro atoms. The number of allylic oxidation sites excluding steroid dienone is 6. The number of nitrogens with one attached hydrogen (secondary N) is 1. The number of terminal acetylenes is 1. The van der Waals surface area contributed by atoms with Crippen LogP contribution in [0.15, 0.2) is 114 Å². The molecule has 0 aliphatic rings. The minimum absolute atomic E-state index is 0. The molecule has 0 unspecified atom stereocenters. The molecule has 4 aromatic heterocycles. The fraction of sp³-hybridized carbons (Fsp3) is 0.314. The van der Waals surface area contributed by atoms with Crippen molar-refractivity contribution in [2.24, 2.45) is 0 Å². The van der Waals surface area contributed by atoms with E-state index in [0.717, 1.165) is 23.4 Å². The van der Waals surface area contributed by atoms with Crippen molar-refractivity contribution in [1.29, 1.82) is 10.5 Å². The van der Waals surface area contributed by atoms with Crippen LogP contribution in [0.2, 0.25) is 0 Å². The van der Waals surface area contributed by atoms with Crippen LogP contribution in [0, 0.1) is 33.7 Å². The van der Waals surface area contributed by atoms with Crippen molar-refractivity contribution in [3.8, 4) is 34.5 Å². The van der Waals surface area contributed by atoms with Crippen molar-refractivity contribution in [2.45, 2.75) is 98.3 Å². The molecule has 0 atom stereocenters. The molecule has 0 amide bonds. The Bertz CT molecular complexity index is 2190. The summed E-state index contributed by atoms with van der Waals surface area (Å²) in [6.07, 6.45) is 39.1. The Morgan fingerprint density at radius 2 is 1.39 bits per heavy atom. The van der Waals surface area contributed by atoms with E-state index in [2.05, 4.69) is 134 Å². The Balaban J connectivity index is 0. The van der Waals surface area contributed by atoms with Gasteiger partial charge in [-0.25, -0.2) is 20.1 Å². The van der Waals surface area contributed by atoms with Crippen molar-refractivity contribution in [2.75, 3.05) is 5.75 Å². The third-order valence-electron chi connectivity index (χ3n) is 8.61. The zero-order valence-electron chi connectivity index (χ0n) is 38.0. The number of hydrogen-bond acceptors (Lipinski definition) is 11. The molecule has 0 fully saturated rings. The maximum atomic E-state index is 10.8. The van der Waals surface area contributed by atoms with Crippen LogP contribution >= 0.6 is 23.1 Å². The summed E-state index contributed by atoms with van der Waals surface area (Å²) in [5.41, 5.74) is 11.6. The Hall–Kier alpha value is -5.46. The normalized spacial score (nSPS) is 10.6. The maximum absolute atomic E-state index is 10.8. The third-order valence-corrected chi connectivity index (χ3v) is 10.9. The van der Waals surface area contributed by atoms with Crippen molar-refractivity contribution in [3.63, 3.8) is 0 Å². The van der Waals surface area contributed by atoms with Gasteiger partial charge in [0.15, 0.2) is 0 Å². The molecule has 15 heteroatoms. The van der Waals surface area contributed by atoms with E-state index in [1.54, 1.807) is 6.92 Å². The molecule has 66 heavy (non-hydrogen) atoms. The molecule has 0 aliphatic carbocycles. The second kappa shape index (κ2) is 42.2. The van der Waals surface area contributed by atoms with E-state index in [1.165, 1.54) is 138 Å². The third kappa shape index (κ3) is 30.6. The Labute approximate surface area is 425 Å². The molecular formula is C51H59N6O4RuS4. The van der Waals surface area contributed by atoms with Crippen molar-refractivity contribution in [3.05, 3.63) is 152 Å². The summed E-state index contributed by atoms with van der Waals surface area (Å²) in [7, 11) is 0. The first-order valence-electron chi connectivity index (χ1n) is 21.0.